The number of rotatable bonds is 1. The number of hydrogen-bond donors (Lipinski definition) is 1. The Bertz CT molecular complexity index is 362. The number of hydrogen-bond acceptors (Lipinski definition) is 2. The zero-order valence-electron chi connectivity index (χ0n) is 8.17. The lowest BCUT2D eigenvalue weighted by molar-refractivity contribution is -0.0679. The van der Waals surface area contributed by atoms with Gasteiger partial charge in [-0.3, -0.25) is 0 Å². The molecule has 0 aliphatic carbocycles. The predicted octanol–water partition coefficient (Wildman–Crippen LogP) is 2.48. The monoisotopic (exact) mass is 230 g/mol. The second kappa shape index (κ2) is 4.08. The first kappa shape index (κ1) is 10.9. The summed E-state index contributed by atoms with van der Waals surface area (Å²) in [5, 5.41) is 10.3. The molecule has 1 aliphatic rings. The smallest absolute Gasteiger partial charge is 0.142 e. The van der Waals surface area contributed by atoms with Gasteiger partial charge in [0.2, 0.25) is 0 Å². The Hall–Kier alpha value is -0.640. The molecule has 15 heavy (non-hydrogen) atoms. The number of ether oxygens (including phenoxy) is 1. The van der Waals surface area contributed by atoms with Crippen LogP contribution in [0.4, 0.5) is 4.39 Å². The van der Waals surface area contributed by atoms with Crippen molar-refractivity contribution in [2.24, 2.45) is 0 Å². The minimum absolute atomic E-state index is 0.0156. The first-order valence-electron chi connectivity index (χ1n) is 4.88. The van der Waals surface area contributed by atoms with E-state index in [0.29, 0.717) is 31.6 Å². The molecule has 1 aromatic carbocycles. The Labute approximate surface area is 92.6 Å². The van der Waals surface area contributed by atoms with Crippen LogP contribution < -0.4 is 0 Å². The standard InChI is InChI=1S/C11H12ClFO2/c12-10-8(2-1-3-9(10)13)11(14)4-6-15-7-5-11/h1-3,14H,4-7H2. The highest BCUT2D eigenvalue weighted by molar-refractivity contribution is 6.31. The average molecular weight is 231 g/mol. The van der Waals surface area contributed by atoms with Gasteiger partial charge in [0.15, 0.2) is 0 Å². The maximum atomic E-state index is 13.2. The second-order valence-corrected chi connectivity index (χ2v) is 4.12. The highest BCUT2D eigenvalue weighted by Gasteiger charge is 2.34. The van der Waals surface area contributed by atoms with Gasteiger partial charge in [0.25, 0.3) is 0 Å². The lowest BCUT2D eigenvalue weighted by Crippen LogP contribution is -2.33. The zero-order chi connectivity index (χ0) is 10.9. The van der Waals surface area contributed by atoms with Gasteiger partial charge in [-0.25, -0.2) is 4.39 Å². The van der Waals surface area contributed by atoms with Crippen LogP contribution in [0, 0.1) is 5.82 Å². The topological polar surface area (TPSA) is 29.5 Å². The van der Waals surface area contributed by atoms with Crippen LogP contribution in [-0.2, 0) is 10.3 Å². The van der Waals surface area contributed by atoms with Gasteiger partial charge in [-0.1, -0.05) is 23.7 Å². The molecule has 1 saturated heterocycles. The maximum absolute atomic E-state index is 13.2. The molecule has 0 bridgehead atoms. The van der Waals surface area contributed by atoms with Gasteiger partial charge >= 0.3 is 0 Å². The van der Waals surface area contributed by atoms with E-state index < -0.39 is 11.4 Å². The van der Waals surface area contributed by atoms with Crippen molar-refractivity contribution in [3.8, 4) is 0 Å². The molecule has 0 amide bonds. The van der Waals surface area contributed by atoms with Crippen molar-refractivity contribution >= 4 is 11.6 Å². The van der Waals surface area contributed by atoms with Crippen molar-refractivity contribution in [1.29, 1.82) is 0 Å². The summed E-state index contributed by atoms with van der Waals surface area (Å²) >= 11 is 5.84. The van der Waals surface area contributed by atoms with E-state index in [1.807, 2.05) is 0 Å². The minimum Gasteiger partial charge on any atom is -0.385 e. The fraction of sp³-hybridized carbons (Fsp3) is 0.455. The second-order valence-electron chi connectivity index (χ2n) is 3.75. The normalized spacial score (nSPS) is 20.2. The molecular formula is C11H12ClFO2. The van der Waals surface area contributed by atoms with Gasteiger partial charge in [-0.2, -0.15) is 0 Å². The van der Waals surface area contributed by atoms with E-state index in [-0.39, 0.29) is 5.02 Å². The minimum atomic E-state index is -1.04. The van der Waals surface area contributed by atoms with Crippen LogP contribution in [-0.4, -0.2) is 18.3 Å². The highest BCUT2D eigenvalue weighted by atomic mass is 35.5. The van der Waals surface area contributed by atoms with Crippen molar-refractivity contribution in [2.75, 3.05) is 13.2 Å². The number of halogens is 2. The third-order valence-electron chi connectivity index (χ3n) is 2.77. The Balaban J connectivity index is 2.39. The van der Waals surface area contributed by atoms with Crippen molar-refractivity contribution < 1.29 is 14.2 Å². The van der Waals surface area contributed by atoms with E-state index in [0.717, 1.165) is 0 Å². The number of benzene rings is 1. The average Bonchev–Trinajstić information content (AvgIpc) is 2.23. The summed E-state index contributed by atoms with van der Waals surface area (Å²) in [6.07, 6.45) is 0.909. The molecule has 4 heteroatoms. The van der Waals surface area contributed by atoms with E-state index in [1.165, 1.54) is 6.07 Å². The molecule has 2 rings (SSSR count). The lowest BCUT2D eigenvalue weighted by Gasteiger charge is -2.33. The molecule has 0 radical (unpaired) electrons. The molecule has 1 N–H and O–H groups in total. The first-order chi connectivity index (χ1) is 7.13. The van der Waals surface area contributed by atoms with Gasteiger partial charge < -0.3 is 9.84 Å². The van der Waals surface area contributed by atoms with Gasteiger partial charge in [0.1, 0.15) is 5.82 Å². The SMILES string of the molecule is OC1(c2cccc(F)c2Cl)CCOCC1. The van der Waals surface area contributed by atoms with Crippen molar-refractivity contribution in [1.82, 2.24) is 0 Å². The summed E-state index contributed by atoms with van der Waals surface area (Å²) in [5.41, 5.74) is -0.579. The third-order valence-corrected chi connectivity index (χ3v) is 3.16. The molecular weight excluding hydrogens is 219 g/mol. The molecule has 0 spiro atoms. The number of aliphatic hydroxyl groups is 1. The van der Waals surface area contributed by atoms with Crippen molar-refractivity contribution in [3.05, 3.63) is 34.6 Å². The fourth-order valence-electron chi connectivity index (χ4n) is 1.84. The molecule has 1 heterocycles. The summed E-state index contributed by atoms with van der Waals surface area (Å²) in [7, 11) is 0. The highest BCUT2D eigenvalue weighted by Crippen LogP contribution is 2.36. The quantitative estimate of drug-likeness (QED) is 0.803. The Morgan fingerprint density at radius 1 is 1.33 bits per heavy atom. The van der Waals surface area contributed by atoms with Crippen LogP contribution in [0.25, 0.3) is 0 Å². The molecule has 2 nitrogen and oxygen atoms in total. The van der Waals surface area contributed by atoms with Crippen LogP contribution in [0.15, 0.2) is 18.2 Å². The Morgan fingerprint density at radius 3 is 2.67 bits per heavy atom. The van der Waals surface area contributed by atoms with E-state index in [4.69, 9.17) is 16.3 Å². The molecule has 1 aromatic rings. The van der Waals surface area contributed by atoms with Crippen LogP contribution >= 0.6 is 11.6 Å². The van der Waals surface area contributed by atoms with Crippen LogP contribution in [0.3, 0.4) is 0 Å². The Kier molecular flexibility index (Phi) is 2.96. The van der Waals surface area contributed by atoms with Gasteiger partial charge in [0.05, 0.1) is 10.6 Å². The van der Waals surface area contributed by atoms with E-state index in [2.05, 4.69) is 0 Å². The molecule has 82 valence electrons. The molecule has 0 atom stereocenters. The summed E-state index contributed by atoms with van der Waals surface area (Å²) in [6, 6.07) is 4.51. The van der Waals surface area contributed by atoms with Gasteiger partial charge in [0, 0.05) is 31.6 Å². The van der Waals surface area contributed by atoms with E-state index in [9.17, 15) is 9.50 Å². The van der Waals surface area contributed by atoms with Crippen LogP contribution in [0.2, 0.25) is 5.02 Å². The maximum Gasteiger partial charge on any atom is 0.142 e. The third kappa shape index (κ3) is 2.00. The van der Waals surface area contributed by atoms with Crippen LogP contribution in [0.1, 0.15) is 18.4 Å². The fourth-order valence-corrected chi connectivity index (χ4v) is 2.14. The zero-order valence-corrected chi connectivity index (χ0v) is 8.93. The Morgan fingerprint density at radius 2 is 2.00 bits per heavy atom. The molecule has 1 aliphatic heterocycles. The predicted molar refractivity (Wildman–Crippen MR) is 55.4 cm³/mol. The summed E-state index contributed by atoms with van der Waals surface area (Å²) < 4.78 is 18.4. The summed E-state index contributed by atoms with van der Waals surface area (Å²) in [5.74, 6) is -0.492. The van der Waals surface area contributed by atoms with E-state index >= 15 is 0 Å². The first-order valence-corrected chi connectivity index (χ1v) is 5.26. The van der Waals surface area contributed by atoms with Crippen molar-refractivity contribution in [2.45, 2.75) is 18.4 Å². The van der Waals surface area contributed by atoms with Crippen molar-refractivity contribution in [3.63, 3.8) is 0 Å². The molecule has 0 aromatic heterocycles. The lowest BCUT2D eigenvalue weighted by atomic mass is 9.86. The molecule has 0 saturated carbocycles. The summed E-state index contributed by atoms with van der Waals surface area (Å²) in [6.45, 7) is 0.951. The molecule has 1 fully saturated rings. The van der Waals surface area contributed by atoms with Gasteiger partial charge in [-0.15, -0.1) is 0 Å². The van der Waals surface area contributed by atoms with Gasteiger partial charge in [-0.05, 0) is 6.07 Å². The molecule has 0 unspecified atom stereocenters. The largest absolute Gasteiger partial charge is 0.385 e. The summed E-state index contributed by atoms with van der Waals surface area (Å²) in [4.78, 5) is 0. The van der Waals surface area contributed by atoms with Crippen LogP contribution in [0.5, 0.6) is 0 Å². The van der Waals surface area contributed by atoms with E-state index in [1.54, 1.807) is 12.1 Å².